The van der Waals surface area contributed by atoms with E-state index >= 15 is 0 Å². The van der Waals surface area contributed by atoms with Crippen molar-refractivity contribution < 1.29 is 19.2 Å². The molecule has 8 heteroatoms. The lowest BCUT2D eigenvalue weighted by Crippen LogP contribution is -2.37. The molecule has 3 rings (SSSR count). The van der Waals surface area contributed by atoms with Gasteiger partial charge in [0.25, 0.3) is 11.6 Å². The lowest BCUT2D eigenvalue weighted by atomic mass is 10.2. The van der Waals surface area contributed by atoms with E-state index in [0.29, 0.717) is 43.4 Å². The van der Waals surface area contributed by atoms with Crippen molar-refractivity contribution in [2.24, 2.45) is 0 Å². The first-order chi connectivity index (χ1) is 13.0. The highest BCUT2D eigenvalue weighted by atomic mass is 16.6. The van der Waals surface area contributed by atoms with Gasteiger partial charge in [-0.25, -0.2) is 0 Å². The van der Waals surface area contributed by atoms with Crippen LogP contribution >= 0.6 is 0 Å². The molecule has 2 aromatic rings. The Balaban J connectivity index is 1.71. The van der Waals surface area contributed by atoms with Gasteiger partial charge in [-0.3, -0.25) is 14.9 Å². The second kappa shape index (κ2) is 8.50. The van der Waals surface area contributed by atoms with Crippen LogP contribution in [0.4, 0.5) is 17.1 Å². The summed E-state index contributed by atoms with van der Waals surface area (Å²) < 4.78 is 10.8. The fraction of sp³-hybridized carbons (Fsp3) is 0.316. The average molecular weight is 371 g/mol. The van der Waals surface area contributed by atoms with Gasteiger partial charge in [0.2, 0.25) is 0 Å². The zero-order valence-corrected chi connectivity index (χ0v) is 15.0. The second-order valence-electron chi connectivity index (χ2n) is 6.21. The minimum atomic E-state index is -0.448. The first kappa shape index (κ1) is 18.7. The van der Waals surface area contributed by atoms with E-state index in [1.54, 1.807) is 18.2 Å². The van der Waals surface area contributed by atoms with E-state index in [9.17, 15) is 14.9 Å². The maximum Gasteiger partial charge on any atom is 0.271 e. The van der Waals surface area contributed by atoms with Crippen LogP contribution in [0.3, 0.4) is 0 Å². The molecule has 1 amide bonds. The van der Waals surface area contributed by atoms with E-state index < -0.39 is 4.92 Å². The molecular formula is C19H21N3O5. The highest BCUT2D eigenvalue weighted by Crippen LogP contribution is 2.31. The Morgan fingerprint density at radius 1 is 1.22 bits per heavy atom. The Bertz CT molecular complexity index is 817. The fourth-order valence-electron chi connectivity index (χ4n) is 2.77. The van der Waals surface area contributed by atoms with Gasteiger partial charge in [0.15, 0.2) is 6.61 Å². The minimum absolute atomic E-state index is 0.0228. The smallest absolute Gasteiger partial charge is 0.271 e. The lowest BCUT2D eigenvalue weighted by molar-refractivity contribution is -0.384. The number of hydrogen-bond donors (Lipinski definition) is 1. The summed E-state index contributed by atoms with van der Waals surface area (Å²) >= 11 is 0. The summed E-state index contributed by atoms with van der Waals surface area (Å²) in [5.74, 6) is 0.270. The van der Waals surface area contributed by atoms with Gasteiger partial charge in [-0.05, 0) is 25.1 Å². The number of amides is 1. The van der Waals surface area contributed by atoms with Crippen molar-refractivity contribution in [3.05, 3.63) is 58.1 Å². The SMILES string of the molecule is Cc1ccc(OCC(=O)Nc2ccc([N+](=O)[O-])cc2N2CCOCC2)cc1. The van der Waals surface area contributed by atoms with Crippen LogP contribution in [-0.4, -0.2) is 43.7 Å². The Labute approximate surface area is 156 Å². The molecule has 27 heavy (non-hydrogen) atoms. The summed E-state index contributed by atoms with van der Waals surface area (Å²) in [6, 6.07) is 11.8. The summed E-state index contributed by atoms with van der Waals surface area (Å²) in [5, 5.41) is 13.9. The van der Waals surface area contributed by atoms with Gasteiger partial charge < -0.3 is 19.7 Å². The van der Waals surface area contributed by atoms with Gasteiger partial charge in [0.05, 0.1) is 29.5 Å². The number of carbonyl (C=O) groups is 1. The highest BCUT2D eigenvalue weighted by molar-refractivity contribution is 5.95. The topological polar surface area (TPSA) is 93.9 Å². The maximum atomic E-state index is 12.3. The molecule has 0 aromatic heterocycles. The molecule has 1 N–H and O–H groups in total. The van der Waals surface area contributed by atoms with E-state index in [1.807, 2.05) is 24.0 Å². The van der Waals surface area contributed by atoms with Crippen molar-refractivity contribution in [2.45, 2.75) is 6.92 Å². The predicted octanol–water partition coefficient (Wildman–Crippen LogP) is 2.76. The number of morpholine rings is 1. The molecule has 1 saturated heterocycles. The summed E-state index contributed by atoms with van der Waals surface area (Å²) in [6.07, 6.45) is 0. The van der Waals surface area contributed by atoms with Crippen molar-refractivity contribution >= 4 is 23.0 Å². The third-order valence-corrected chi connectivity index (χ3v) is 4.21. The van der Waals surface area contributed by atoms with E-state index in [4.69, 9.17) is 9.47 Å². The number of non-ortho nitro benzene ring substituents is 1. The third kappa shape index (κ3) is 4.95. The first-order valence-corrected chi connectivity index (χ1v) is 8.63. The van der Waals surface area contributed by atoms with Crippen LogP contribution in [-0.2, 0) is 9.53 Å². The lowest BCUT2D eigenvalue weighted by Gasteiger charge is -2.30. The number of nitrogens with zero attached hydrogens (tertiary/aromatic N) is 2. The molecule has 1 aliphatic heterocycles. The molecule has 0 unspecified atom stereocenters. The van der Waals surface area contributed by atoms with Crippen LogP contribution in [0.25, 0.3) is 0 Å². The van der Waals surface area contributed by atoms with Crippen molar-refractivity contribution in [1.82, 2.24) is 0 Å². The Morgan fingerprint density at radius 2 is 1.93 bits per heavy atom. The zero-order valence-electron chi connectivity index (χ0n) is 15.0. The first-order valence-electron chi connectivity index (χ1n) is 8.63. The molecule has 1 aliphatic rings. The minimum Gasteiger partial charge on any atom is -0.484 e. The molecule has 0 bridgehead atoms. The van der Waals surface area contributed by atoms with E-state index in [-0.39, 0.29) is 18.2 Å². The fourth-order valence-corrected chi connectivity index (χ4v) is 2.77. The molecule has 0 radical (unpaired) electrons. The number of nitrogens with one attached hydrogen (secondary N) is 1. The summed E-state index contributed by atoms with van der Waals surface area (Å²) in [4.78, 5) is 24.9. The average Bonchev–Trinajstić information content (AvgIpc) is 2.68. The quantitative estimate of drug-likeness (QED) is 0.620. The number of nitro groups is 1. The van der Waals surface area contributed by atoms with Crippen LogP contribution in [0.15, 0.2) is 42.5 Å². The van der Waals surface area contributed by atoms with Crippen LogP contribution < -0.4 is 15.0 Å². The molecule has 8 nitrogen and oxygen atoms in total. The Kier molecular flexibility index (Phi) is 5.87. The van der Waals surface area contributed by atoms with Crippen molar-refractivity contribution in [1.29, 1.82) is 0 Å². The standard InChI is InChI=1S/C19H21N3O5/c1-14-2-5-16(6-3-14)27-13-19(23)20-17-7-4-15(22(24)25)12-18(17)21-8-10-26-11-9-21/h2-7,12H,8-11,13H2,1H3,(H,20,23). The van der Waals surface area contributed by atoms with Crippen LogP contribution in [0.5, 0.6) is 5.75 Å². The molecule has 0 saturated carbocycles. The van der Waals surface area contributed by atoms with E-state index in [1.165, 1.54) is 12.1 Å². The van der Waals surface area contributed by atoms with Gasteiger partial charge in [-0.2, -0.15) is 0 Å². The van der Waals surface area contributed by atoms with Crippen molar-refractivity contribution in [3.63, 3.8) is 0 Å². The third-order valence-electron chi connectivity index (χ3n) is 4.21. The molecular weight excluding hydrogens is 350 g/mol. The van der Waals surface area contributed by atoms with Crippen LogP contribution in [0.2, 0.25) is 0 Å². The molecule has 142 valence electrons. The summed E-state index contributed by atoms with van der Waals surface area (Å²) in [5.41, 5.74) is 2.20. The summed E-state index contributed by atoms with van der Waals surface area (Å²) in [7, 11) is 0. The number of anilines is 2. The largest absolute Gasteiger partial charge is 0.484 e. The monoisotopic (exact) mass is 371 g/mol. The molecule has 2 aromatic carbocycles. The molecule has 0 spiro atoms. The number of nitro benzene ring substituents is 1. The van der Waals surface area contributed by atoms with E-state index in [2.05, 4.69) is 5.32 Å². The summed E-state index contributed by atoms with van der Waals surface area (Å²) in [6.45, 7) is 4.09. The van der Waals surface area contributed by atoms with Crippen molar-refractivity contribution in [3.8, 4) is 5.75 Å². The number of ether oxygens (including phenoxy) is 2. The molecule has 0 aliphatic carbocycles. The normalized spacial score (nSPS) is 13.9. The van der Waals surface area contributed by atoms with E-state index in [0.717, 1.165) is 5.56 Å². The predicted molar refractivity (Wildman–Crippen MR) is 101 cm³/mol. The number of hydrogen-bond acceptors (Lipinski definition) is 6. The second-order valence-corrected chi connectivity index (χ2v) is 6.21. The Morgan fingerprint density at radius 3 is 2.59 bits per heavy atom. The van der Waals surface area contributed by atoms with Crippen LogP contribution in [0.1, 0.15) is 5.56 Å². The van der Waals surface area contributed by atoms with Gasteiger partial charge >= 0.3 is 0 Å². The van der Waals surface area contributed by atoms with Gasteiger partial charge in [0, 0.05) is 25.2 Å². The number of benzene rings is 2. The van der Waals surface area contributed by atoms with Gasteiger partial charge in [0.1, 0.15) is 5.75 Å². The number of aryl methyl sites for hydroxylation is 1. The number of carbonyl (C=O) groups excluding carboxylic acids is 1. The molecule has 0 atom stereocenters. The Hall–Kier alpha value is -3.13. The molecule has 1 fully saturated rings. The highest BCUT2D eigenvalue weighted by Gasteiger charge is 2.19. The van der Waals surface area contributed by atoms with Crippen LogP contribution in [0, 0.1) is 17.0 Å². The van der Waals surface area contributed by atoms with Gasteiger partial charge in [-0.15, -0.1) is 0 Å². The zero-order chi connectivity index (χ0) is 19.2. The number of rotatable bonds is 6. The van der Waals surface area contributed by atoms with Gasteiger partial charge in [-0.1, -0.05) is 17.7 Å². The maximum absolute atomic E-state index is 12.3. The molecule has 1 heterocycles. The van der Waals surface area contributed by atoms with Crippen molar-refractivity contribution in [2.75, 3.05) is 43.1 Å².